The zero-order chi connectivity index (χ0) is 29.6. The van der Waals surface area contributed by atoms with Crippen LogP contribution in [0.25, 0.3) is 22.0 Å². The van der Waals surface area contributed by atoms with E-state index in [4.69, 9.17) is 10.1 Å². The molecule has 0 spiro atoms. The van der Waals surface area contributed by atoms with E-state index in [1.165, 1.54) is 23.2 Å². The predicted octanol–water partition coefficient (Wildman–Crippen LogP) is 3.25. The third-order valence-electron chi connectivity index (χ3n) is 7.17. The first-order valence-corrected chi connectivity index (χ1v) is 13.6. The average molecular weight is 579 g/mol. The van der Waals surface area contributed by atoms with Gasteiger partial charge in [-0.1, -0.05) is 31.2 Å². The standard InChI is InChI=1S/C29H32F2N8O3/c1-2-37-10-12-38(13-11-37)25(40)18-39-17-23(35-28(41)22(16-32)27-33-8-5-9-34-27)26(36-39)21-14-19-6-3-4-7-20(19)15-24(21)42-29(30)31/h3-9,14-17,28-29,32-33,35,41H,2,10-13,18H2,1H3/b27-22-,32-16?. The van der Waals surface area contributed by atoms with Crippen molar-refractivity contribution in [2.75, 3.05) is 38.0 Å². The highest BCUT2D eigenvalue weighted by molar-refractivity contribution is 5.92. The molecule has 1 fully saturated rings. The number of aliphatic imine (C=N–C) groups is 1. The first kappa shape index (κ1) is 28.9. The van der Waals surface area contributed by atoms with Gasteiger partial charge in [0.15, 0.2) is 6.23 Å². The van der Waals surface area contributed by atoms with Crippen molar-refractivity contribution in [1.29, 1.82) is 5.41 Å². The molecule has 4 N–H and O–H groups in total. The number of hydrogen-bond donors (Lipinski definition) is 4. The molecule has 2 aliphatic rings. The van der Waals surface area contributed by atoms with Gasteiger partial charge in [-0.2, -0.15) is 13.9 Å². The van der Waals surface area contributed by atoms with Crippen LogP contribution >= 0.6 is 0 Å². The van der Waals surface area contributed by atoms with Crippen LogP contribution in [-0.4, -0.2) is 88.6 Å². The molecule has 1 saturated heterocycles. The van der Waals surface area contributed by atoms with Gasteiger partial charge in [0, 0.05) is 56.6 Å². The van der Waals surface area contributed by atoms with E-state index in [1.807, 2.05) is 12.1 Å². The van der Waals surface area contributed by atoms with Crippen LogP contribution in [0.2, 0.25) is 0 Å². The molecule has 42 heavy (non-hydrogen) atoms. The number of anilines is 1. The highest BCUT2D eigenvalue weighted by Gasteiger charge is 2.25. The Labute approximate surface area is 241 Å². The molecular weight excluding hydrogens is 546 g/mol. The minimum atomic E-state index is -3.09. The fourth-order valence-electron chi connectivity index (χ4n) is 4.94. The Morgan fingerprint density at radius 2 is 1.95 bits per heavy atom. The van der Waals surface area contributed by atoms with Gasteiger partial charge in [-0.05, 0) is 35.5 Å². The Bertz CT molecular complexity index is 1540. The molecule has 3 heterocycles. The minimum Gasteiger partial charge on any atom is -0.434 e. The van der Waals surface area contributed by atoms with E-state index >= 15 is 0 Å². The number of carbonyl (C=O) groups excluding carboxylic acids is 1. The molecule has 3 aromatic rings. The fraction of sp³-hybridized carbons (Fsp3) is 0.310. The number of halogens is 2. The highest BCUT2D eigenvalue weighted by atomic mass is 19.3. The summed E-state index contributed by atoms with van der Waals surface area (Å²) in [6.07, 6.45) is 5.85. The first-order valence-electron chi connectivity index (χ1n) is 13.6. The van der Waals surface area contributed by atoms with Crippen molar-refractivity contribution in [2.24, 2.45) is 4.99 Å². The summed E-state index contributed by atoms with van der Waals surface area (Å²) in [6, 6.07) is 10.4. The molecule has 0 bridgehead atoms. The molecule has 13 heteroatoms. The van der Waals surface area contributed by atoms with Gasteiger partial charge in [-0.3, -0.25) is 9.48 Å². The van der Waals surface area contributed by atoms with Crippen molar-refractivity contribution < 1.29 is 23.4 Å². The van der Waals surface area contributed by atoms with Crippen molar-refractivity contribution in [3.05, 3.63) is 66.3 Å². The summed E-state index contributed by atoms with van der Waals surface area (Å²) in [7, 11) is 0. The lowest BCUT2D eigenvalue weighted by Crippen LogP contribution is -2.49. The number of hydrogen-bond acceptors (Lipinski definition) is 9. The van der Waals surface area contributed by atoms with Crippen molar-refractivity contribution in [3.63, 3.8) is 0 Å². The first-order chi connectivity index (χ1) is 20.4. The molecule has 2 aliphatic heterocycles. The predicted molar refractivity (Wildman–Crippen MR) is 157 cm³/mol. The summed E-state index contributed by atoms with van der Waals surface area (Å²) in [6.45, 7) is 2.58. The van der Waals surface area contributed by atoms with E-state index in [9.17, 15) is 18.7 Å². The van der Waals surface area contributed by atoms with Crippen LogP contribution in [0.1, 0.15) is 6.92 Å². The molecular formula is C29H32F2N8O3. The number of benzene rings is 2. The van der Waals surface area contributed by atoms with Gasteiger partial charge in [0.05, 0.1) is 11.3 Å². The van der Waals surface area contributed by atoms with Gasteiger partial charge >= 0.3 is 6.61 Å². The molecule has 0 radical (unpaired) electrons. The summed E-state index contributed by atoms with van der Waals surface area (Å²) in [5.74, 6) is 0.0161. The van der Waals surface area contributed by atoms with E-state index < -0.39 is 12.8 Å². The van der Waals surface area contributed by atoms with Crippen LogP contribution in [0.4, 0.5) is 14.5 Å². The van der Waals surface area contributed by atoms with Gasteiger partial charge in [-0.25, -0.2) is 4.99 Å². The fourth-order valence-corrected chi connectivity index (χ4v) is 4.94. The maximum Gasteiger partial charge on any atom is 0.387 e. The van der Waals surface area contributed by atoms with Crippen molar-refractivity contribution in [1.82, 2.24) is 24.9 Å². The van der Waals surface area contributed by atoms with Crippen molar-refractivity contribution >= 4 is 34.8 Å². The van der Waals surface area contributed by atoms with E-state index in [-0.39, 0.29) is 46.5 Å². The number of rotatable bonds is 10. The van der Waals surface area contributed by atoms with Crippen LogP contribution < -0.4 is 15.4 Å². The van der Waals surface area contributed by atoms with E-state index in [0.717, 1.165) is 31.2 Å². The quantitative estimate of drug-likeness (QED) is 0.215. The van der Waals surface area contributed by atoms with E-state index in [0.29, 0.717) is 18.5 Å². The van der Waals surface area contributed by atoms with E-state index in [1.54, 1.807) is 35.4 Å². The number of nitrogens with one attached hydrogen (secondary N) is 3. The number of nitrogens with zero attached hydrogens (tertiary/aromatic N) is 5. The Hall–Kier alpha value is -4.62. The second kappa shape index (κ2) is 12.9. The number of alkyl halides is 2. The van der Waals surface area contributed by atoms with Crippen LogP contribution in [0, 0.1) is 5.41 Å². The zero-order valence-electron chi connectivity index (χ0n) is 23.0. The van der Waals surface area contributed by atoms with Crippen molar-refractivity contribution in [3.8, 4) is 17.0 Å². The molecule has 220 valence electrons. The van der Waals surface area contributed by atoms with Crippen LogP contribution in [-0.2, 0) is 11.3 Å². The van der Waals surface area contributed by atoms with Crippen LogP contribution in [0.5, 0.6) is 5.75 Å². The Kier molecular flexibility index (Phi) is 8.88. The summed E-state index contributed by atoms with van der Waals surface area (Å²) < 4.78 is 33.3. The second-order valence-corrected chi connectivity index (χ2v) is 9.75. The smallest absolute Gasteiger partial charge is 0.387 e. The Balaban J connectivity index is 1.53. The molecule has 2 aromatic carbocycles. The summed E-state index contributed by atoms with van der Waals surface area (Å²) >= 11 is 0. The normalized spacial score (nSPS) is 17.3. The maximum absolute atomic E-state index is 13.5. The highest BCUT2D eigenvalue weighted by Crippen LogP contribution is 2.38. The van der Waals surface area contributed by atoms with Crippen LogP contribution in [0.3, 0.4) is 0 Å². The van der Waals surface area contributed by atoms with Gasteiger partial charge < -0.3 is 35.7 Å². The second-order valence-electron chi connectivity index (χ2n) is 9.75. The summed E-state index contributed by atoms with van der Waals surface area (Å²) in [4.78, 5) is 21.4. The molecule has 0 aliphatic carbocycles. The Morgan fingerprint density at radius 3 is 2.60 bits per heavy atom. The van der Waals surface area contributed by atoms with Gasteiger partial charge in [0.2, 0.25) is 5.91 Å². The lowest BCUT2D eigenvalue weighted by Gasteiger charge is -2.34. The number of aliphatic hydroxyl groups is 1. The van der Waals surface area contributed by atoms with Gasteiger partial charge in [0.1, 0.15) is 23.8 Å². The molecule has 0 saturated carbocycles. The van der Waals surface area contributed by atoms with E-state index in [2.05, 4.69) is 32.5 Å². The maximum atomic E-state index is 13.5. The average Bonchev–Trinajstić information content (AvgIpc) is 3.38. The number of aliphatic hydroxyl groups excluding tert-OH is 1. The number of allylic oxidation sites excluding steroid dienone is 1. The number of aromatic nitrogens is 2. The number of ether oxygens (including phenoxy) is 1. The topological polar surface area (TPSA) is 131 Å². The van der Waals surface area contributed by atoms with Crippen LogP contribution in [0.15, 0.2) is 71.3 Å². The number of amides is 1. The SMILES string of the molecule is CCN1CCN(C(=O)Cn2cc(NC(O)/C(C=N)=C3\N=CC=CN3)c(-c3cc4ccccc4cc3OC(F)F)n2)CC1. The largest absolute Gasteiger partial charge is 0.434 e. The monoisotopic (exact) mass is 578 g/mol. The van der Waals surface area contributed by atoms with Gasteiger partial charge in [0.25, 0.3) is 0 Å². The molecule has 1 aromatic heterocycles. The minimum absolute atomic E-state index is 0.0926. The lowest BCUT2D eigenvalue weighted by molar-refractivity contribution is -0.133. The lowest BCUT2D eigenvalue weighted by atomic mass is 10.0. The molecule has 11 nitrogen and oxygen atoms in total. The number of likely N-dealkylation sites (N-methyl/N-ethyl adjacent to an activating group) is 1. The number of carbonyl (C=O) groups is 1. The zero-order valence-corrected chi connectivity index (χ0v) is 23.0. The number of fused-ring (bicyclic) bond motifs is 1. The summed E-state index contributed by atoms with van der Waals surface area (Å²) in [5, 5.41) is 30.8. The van der Waals surface area contributed by atoms with Crippen molar-refractivity contribution in [2.45, 2.75) is 26.3 Å². The molecule has 1 amide bonds. The molecule has 1 atom stereocenters. The third kappa shape index (κ3) is 6.47. The Morgan fingerprint density at radius 1 is 1.21 bits per heavy atom. The van der Waals surface area contributed by atoms with Gasteiger partial charge in [-0.15, -0.1) is 0 Å². The summed E-state index contributed by atoms with van der Waals surface area (Å²) in [5.41, 5.74) is 0.804. The molecule has 1 unspecified atom stereocenters. The number of piperazine rings is 1. The molecule has 5 rings (SSSR count). The third-order valence-corrected chi connectivity index (χ3v) is 7.17.